The lowest BCUT2D eigenvalue weighted by atomic mass is 9.98. The van der Waals surface area contributed by atoms with Crippen molar-refractivity contribution in [3.63, 3.8) is 0 Å². The summed E-state index contributed by atoms with van der Waals surface area (Å²) in [6.45, 7) is 6.02. The Hall–Kier alpha value is -0.120. The van der Waals surface area contributed by atoms with Gasteiger partial charge >= 0.3 is 0 Å². The van der Waals surface area contributed by atoms with Crippen molar-refractivity contribution in [2.45, 2.75) is 44.8 Å². The van der Waals surface area contributed by atoms with Crippen LogP contribution in [0.15, 0.2) is 0 Å². The molecule has 2 fully saturated rings. The van der Waals surface area contributed by atoms with E-state index in [9.17, 15) is 0 Å². The topological polar surface area (TPSA) is 38.5 Å². The van der Waals surface area contributed by atoms with Crippen LogP contribution in [0.4, 0.5) is 0 Å². The SMILES string of the molecule is CCC1CCCC1N1CCOC(CN)C1. The van der Waals surface area contributed by atoms with E-state index in [1.165, 1.54) is 25.7 Å². The van der Waals surface area contributed by atoms with Crippen LogP contribution >= 0.6 is 0 Å². The Balaban J connectivity index is 1.91. The highest BCUT2D eigenvalue weighted by atomic mass is 16.5. The zero-order valence-electron chi connectivity index (χ0n) is 9.82. The maximum absolute atomic E-state index is 5.68. The number of nitrogens with two attached hydrogens (primary N) is 1. The predicted octanol–water partition coefficient (Wildman–Crippen LogP) is 1.22. The third kappa shape index (κ3) is 2.52. The largest absolute Gasteiger partial charge is 0.374 e. The number of hydrogen-bond acceptors (Lipinski definition) is 3. The zero-order chi connectivity index (χ0) is 10.7. The predicted molar refractivity (Wildman–Crippen MR) is 61.8 cm³/mol. The van der Waals surface area contributed by atoms with Crippen molar-refractivity contribution in [2.24, 2.45) is 11.7 Å². The van der Waals surface area contributed by atoms with Gasteiger partial charge in [-0.05, 0) is 18.8 Å². The molecule has 1 aliphatic heterocycles. The molecule has 0 aromatic rings. The Morgan fingerprint density at radius 2 is 2.27 bits per heavy atom. The van der Waals surface area contributed by atoms with Gasteiger partial charge in [-0.15, -0.1) is 0 Å². The Morgan fingerprint density at radius 3 is 3.00 bits per heavy atom. The minimum atomic E-state index is 0.275. The molecule has 1 saturated carbocycles. The Kier molecular flexibility index (Phi) is 4.00. The van der Waals surface area contributed by atoms with E-state index in [4.69, 9.17) is 10.5 Å². The van der Waals surface area contributed by atoms with Gasteiger partial charge in [0.25, 0.3) is 0 Å². The number of morpholine rings is 1. The lowest BCUT2D eigenvalue weighted by molar-refractivity contribution is -0.0441. The number of hydrogen-bond donors (Lipinski definition) is 1. The molecular formula is C12H24N2O. The lowest BCUT2D eigenvalue weighted by Gasteiger charge is -2.38. The summed E-state index contributed by atoms with van der Waals surface area (Å²) in [4.78, 5) is 2.63. The molecule has 88 valence electrons. The molecular weight excluding hydrogens is 188 g/mol. The first-order chi connectivity index (χ1) is 7.35. The van der Waals surface area contributed by atoms with Gasteiger partial charge < -0.3 is 10.5 Å². The number of nitrogens with zero attached hydrogens (tertiary/aromatic N) is 1. The summed E-state index contributed by atoms with van der Waals surface area (Å²) in [5.74, 6) is 0.918. The van der Waals surface area contributed by atoms with Crippen LogP contribution in [0.2, 0.25) is 0 Å². The van der Waals surface area contributed by atoms with Crippen molar-refractivity contribution in [1.82, 2.24) is 4.90 Å². The monoisotopic (exact) mass is 212 g/mol. The van der Waals surface area contributed by atoms with E-state index in [1.54, 1.807) is 0 Å². The van der Waals surface area contributed by atoms with E-state index >= 15 is 0 Å². The molecule has 3 unspecified atom stereocenters. The van der Waals surface area contributed by atoms with Gasteiger partial charge in [0.15, 0.2) is 0 Å². The lowest BCUT2D eigenvalue weighted by Crippen LogP contribution is -2.50. The van der Waals surface area contributed by atoms with E-state index in [2.05, 4.69) is 11.8 Å². The molecule has 3 heteroatoms. The van der Waals surface area contributed by atoms with Gasteiger partial charge in [-0.2, -0.15) is 0 Å². The molecule has 0 aromatic carbocycles. The molecule has 0 bridgehead atoms. The summed E-state index contributed by atoms with van der Waals surface area (Å²) in [7, 11) is 0. The summed E-state index contributed by atoms with van der Waals surface area (Å²) in [5, 5.41) is 0. The second kappa shape index (κ2) is 5.28. The molecule has 3 nitrogen and oxygen atoms in total. The number of ether oxygens (including phenoxy) is 1. The van der Waals surface area contributed by atoms with Gasteiger partial charge in [0.05, 0.1) is 12.7 Å². The standard InChI is InChI=1S/C12H24N2O/c1-2-10-4-3-5-12(10)14-6-7-15-11(8-13)9-14/h10-12H,2-9,13H2,1H3. The average molecular weight is 212 g/mol. The van der Waals surface area contributed by atoms with Crippen molar-refractivity contribution in [3.05, 3.63) is 0 Å². The van der Waals surface area contributed by atoms with Gasteiger partial charge in [-0.1, -0.05) is 19.8 Å². The van der Waals surface area contributed by atoms with E-state index in [0.29, 0.717) is 6.54 Å². The molecule has 0 amide bonds. The van der Waals surface area contributed by atoms with Crippen LogP contribution < -0.4 is 5.73 Å². The molecule has 2 rings (SSSR count). The maximum atomic E-state index is 5.68. The van der Waals surface area contributed by atoms with Crippen molar-refractivity contribution in [2.75, 3.05) is 26.2 Å². The Morgan fingerprint density at radius 1 is 1.40 bits per heavy atom. The Labute approximate surface area is 93.0 Å². The molecule has 1 saturated heterocycles. The summed E-state index contributed by atoms with van der Waals surface area (Å²) in [5.41, 5.74) is 5.68. The van der Waals surface area contributed by atoms with E-state index in [-0.39, 0.29) is 6.10 Å². The maximum Gasteiger partial charge on any atom is 0.0824 e. The minimum absolute atomic E-state index is 0.275. The summed E-state index contributed by atoms with van der Waals surface area (Å²) in [6.07, 6.45) is 5.82. The molecule has 0 spiro atoms. The van der Waals surface area contributed by atoms with Crippen LogP contribution in [0, 0.1) is 5.92 Å². The van der Waals surface area contributed by atoms with E-state index < -0.39 is 0 Å². The quantitative estimate of drug-likeness (QED) is 0.764. The molecule has 0 radical (unpaired) electrons. The molecule has 2 aliphatic rings. The molecule has 0 aromatic heterocycles. The zero-order valence-corrected chi connectivity index (χ0v) is 9.82. The van der Waals surface area contributed by atoms with Gasteiger partial charge in [0.2, 0.25) is 0 Å². The smallest absolute Gasteiger partial charge is 0.0824 e. The normalized spacial score (nSPS) is 38.4. The summed E-state index contributed by atoms with van der Waals surface area (Å²) in [6, 6.07) is 0.813. The van der Waals surface area contributed by atoms with Crippen molar-refractivity contribution >= 4 is 0 Å². The van der Waals surface area contributed by atoms with Gasteiger partial charge in [-0.3, -0.25) is 4.90 Å². The van der Waals surface area contributed by atoms with E-state index in [1.807, 2.05) is 0 Å². The molecule has 1 aliphatic carbocycles. The fraction of sp³-hybridized carbons (Fsp3) is 1.00. The van der Waals surface area contributed by atoms with Crippen LogP contribution in [0.3, 0.4) is 0 Å². The third-order valence-electron chi connectivity index (χ3n) is 4.05. The third-order valence-corrected chi connectivity index (χ3v) is 4.05. The molecule has 15 heavy (non-hydrogen) atoms. The first kappa shape index (κ1) is 11.4. The van der Waals surface area contributed by atoms with Crippen LogP contribution in [0.5, 0.6) is 0 Å². The molecule has 3 atom stereocenters. The fourth-order valence-corrected chi connectivity index (χ4v) is 3.16. The summed E-state index contributed by atoms with van der Waals surface area (Å²) < 4.78 is 5.62. The van der Waals surface area contributed by atoms with Gasteiger partial charge in [0, 0.05) is 25.7 Å². The minimum Gasteiger partial charge on any atom is -0.374 e. The first-order valence-electron chi connectivity index (χ1n) is 6.40. The second-order valence-electron chi connectivity index (χ2n) is 4.89. The summed E-state index contributed by atoms with van der Waals surface area (Å²) >= 11 is 0. The van der Waals surface area contributed by atoms with Gasteiger partial charge in [0.1, 0.15) is 0 Å². The van der Waals surface area contributed by atoms with Crippen molar-refractivity contribution in [3.8, 4) is 0 Å². The average Bonchev–Trinajstić information content (AvgIpc) is 2.77. The second-order valence-corrected chi connectivity index (χ2v) is 4.89. The van der Waals surface area contributed by atoms with Crippen molar-refractivity contribution in [1.29, 1.82) is 0 Å². The van der Waals surface area contributed by atoms with Crippen LogP contribution in [0.25, 0.3) is 0 Å². The highest BCUT2D eigenvalue weighted by Crippen LogP contribution is 2.32. The highest BCUT2D eigenvalue weighted by Gasteiger charge is 2.33. The van der Waals surface area contributed by atoms with Crippen LogP contribution in [0.1, 0.15) is 32.6 Å². The molecule has 1 heterocycles. The van der Waals surface area contributed by atoms with E-state index in [0.717, 1.165) is 31.7 Å². The first-order valence-corrected chi connectivity index (χ1v) is 6.40. The molecule has 2 N–H and O–H groups in total. The Bertz CT molecular complexity index is 198. The number of rotatable bonds is 3. The fourth-order valence-electron chi connectivity index (χ4n) is 3.16. The van der Waals surface area contributed by atoms with Crippen LogP contribution in [-0.4, -0.2) is 43.3 Å². The van der Waals surface area contributed by atoms with Gasteiger partial charge in [-0.25, -0.2) is 0 Å². The van der Waals surface area contributed by atoms with Crippen molar-refractivity contribution < 1.29 is 4.74 Å². The highest BCUT2D eigenvalue weighted by molar-refractivity contribution is 4.87. The van der Waals surface area contributed by atoms with Crippen LogP contribution in [-0.2, 0) is 4.74 Å².